The Morgan fingerprint density at radius 2 is 2.00 bits per heavy atom. The van der Waals surface area contributed by atoms with Crippen LogP contribution in [0.3, 0.4) is 0 Å². The topological polar surface area (TPSA) is 62.0 Å². The fraction of sp³-hybridized carbons (Fsp3) is 0.643. The van der Waals surface area contributed by atoms with Gasteiger partial charge in [-0.25, -0.2) is 0 Å². The lowest BCUT2D eigenvalue weighted by Crippen LogP contribution is -2.39. The first-order chi connectivity index (χ1) is 9.22. The van der Waals surface area contributed by atoms with Crippen LogP contribution in [0.25, 0.3) is 0 Å². The van der Waals surface area contributed by atoms with Crippen LogP contribution in [-0.4, -0.2) is 26.7 Å². The standard InChI is InChI=1S/C14H20N2O2S/c17-14-5-4-11-12(2-1-3-13(11)16-14)15-10-6-8-19(18)9-7-10/h4-5,10,12,15H,1-3,6-9H2,(H,16,17). The molecule has 3 rings (SSSR count). The molecular weight excluding hydrogens is 260 g/mol. The van der Waals surface area contributed by atoms with Crippen LogP contribution in [0.4, 0.5) is 0 Å². The van der Waals surface area contributed by atoms with Crippen molar-refractivity contribution >= 4 is 10.8 Å². The van der Waals surface area contributed by atoms with Gasteiger partial charge in [-0.1, -0.05) is 6.07 Å². The second-order valence-corrected chi connectivity index (χ2v) is 7.19. The zero-order chi connectivity index (χ0) is 13.2. The molecule has 1 aliphatic carbocycles. The number of aromatic amines is 1. The molecule has 1 fully saturated rings. The van der Waals surface area contributed by atoms with Gasteiger partial charge < -0.3 is 10.3 Å². The summed E-state index contributed by atoms with van der Waals surface area (Å²) in [7, 11) is -0.603. The van der Waals surface area contributed by atoms with Gasteiger partial charge in [0.1, 0.15) is 0 Å². The lowest BCUT2D eigenvalue weighted by atomic mass is 9.90. The summed E-state index contributed by atoms with van der Waals surface area (Å²) in [5.41, 5.74) is 2.33. The first kappa shape index (κ1) is 13.1. The van der Waals surface area contributed by atoms with Crippen LogP contribution in [0.15, 0.2) is 16.9 Å². The lowest BCUT2D eigenvalue weighted by Gasteiger charge is -2.31. The van der Waals surface area contributed by atoms with E-state index in [-0.39, 0.29) is 5.56 Å². The summed E-state index contributed by atoms with van der Waals surface area (Å²) >= 11 is 0. The Hall–Kier alpha value is -0.940. The number of rotatable bonds is 2. The highest BCUT2D eigenvalue weighted by Crippen LogP contribution is 2.28. The molecule has 2 aliphatic rings. The summed E-state index contributed by atoms with van der Waals surface area (Å²) in [4.78, 5) is 14.3. The van der Waals surface area contributed by atoms with Crippen molar-refractivity contribution < 1.29 is 4.21 Å². The molecule has 1 saturated heterocycles. The highest BCUT2D eigenvalue weighted by atomic mass is 32.2. The van der Waals surface area contributed by atoms with Crippen molar-refractivity contribution in [2.45, 2.75) is 44.2 Å². The van der Waals surface area contributed by atoms with Gasteiger partial charge in [0, 0.05) is 46.1 Å². The summed E-state index contributed by atoms with van der Waals surface area (Å²) in [5.74, 6) is 1.64. The Balaban J connectivity index is 1.73. The highest BCUT2D eigenvalue weighted by Gasteiger charge is 2.25. The van der Waals surface area contributed by atoms with Crippen LogP contribution in [0.1, 0.15) is 43.0 Å². The maximum absolute atomic E-state index is 11.4. The third kappa shape index (κ3) is 2.98. The fourth-order valence-electron chi connectivity index (χ4n) is 3.12. The minimum atomic E-state index is -0.603. The van der Waals surface area contributed by atoms with E-state index in [1.165, 1.54) is 5.56 Å². The van der Waals surface area contributed by atoms with Crippen LogP contribution in [0, 0.1) is 0 Å². The average molecular weight is 280 g/mol. The second kappa shape index (κ2) is 5.59. The predicted octanol–water partition coefficient (Wildman–Crippen LogP) is 1.25. The van der Waals surface area contributed by atoms with Crippen LogP contribution < -0.4 is 10.9 Å². The average Bonchev–Trinajstić information content (AvgIpc) is 2.41. The van der Waals surface area contributed by atoms with E-state index in [9.17, 15) is 9.00 Å². The van der Waals surface area contributed by atoms with E-state index < -0.39 is 10.8 Å². The van der Waals surface area contributed by atoms with Crippen LogP contribution in [-0.2, 0) is 17.2 Å². The summed E-state index contributed by atoms with van der Waals surface area (Å²) < 4.78 is 11.4. The van der Waals surface area contributed by atoms with Crippen molar-refractivity contribution in [3.05, 3.63) is 33.7 Å². The van der Waals surface area contributed by atoms with Gasteiger partial charge in [-0.2, -0.15) is 0 Å². The van der Waals surface area contributed by atoms with E-state index in [1.54, 1.807) is 6.07 Å². The molecule has 1 atom stereocenters. The van der Waals surface area contributed by atoms with E-state index in [1.807, 2.05) is 6.07 Å². The van der Waals surface area contributed by atoms with Gasteiger partial charge in [0.2, 0.25) is 5.56 Å². The Kier molecular flexibility index (Phi) is 3.84. The molecule has 0 aromatic carbocycles. The zero-order valence-corrected chi connectivity index (χ0v) is 11.8. The monoisotopic (exact) mass is 280 g/mol. The summed E-state index contributed by atoms with van der Waals surface area (Å²) in [6.07, 6.45) is 5.21. The normalized spacial score (nSPS) is 30.8. The predicted molar refractivity (Wildman–Crippen MR) is 76.8 cm³/mol. The lowest BCUT2D eigenvalue weighted by molar-refractivity contribution is 0.374. The van der Waals surface area contributed by atoms with E-state index in [0.717, 1.165) is 49.3 Å². The molecule has 1 aromatic heterocycles. The number of pyridine rings is 1. The number of hydrogen-bond donors (Lipinski definition) is 2. The molecule has 1 aromatic rings. The van der Waals surface area contributed by atoms with Gasteiger partial charge in [0.05, 0.1) is 0 Å². The molecule has 19 heavy (non-hydrogen) atoms. The Bertz CT molecular complexity index is 530. The highest BCUT2D eigenvalue weighted by molar-refractivity contribution is 7.85. The molecule has 5 heteroatoms. The smallest absolute Gasteiger partial charge is 0.248 e. The van der Waals surface area contributed by atoms with Crippen molar-refractivity contribution in [2.24, 2.45) is 0 Å². The van der Waals surface area contributed by atoms with E-state index >= 15 is 0 Å². The molecule has 2 heterocycles. The molecule has 0 saturated carbocycles. The zero-order valence-electron chi connectivity index (χ0n) is 11.0. The minimum Gasteiger partial charge on any atom is -0.326 e. The van der Waals surface area contributed by atoms with Crippen molar-refractivity contribution in [1.82, 2.24) is 10.3 Å². The third-order valence-corrected chi connectivity index (χ3v) is 5.54. The van der Waals surface area contributed by atoms with Gasteiger partial charge in [-0.05, 0) is 37.7 Å². The largest absolute Gasteiger partial charge is 0.326 e. The first-order valence-corrected chi connectivity index (χ1v) is 8.54. The van der Waals surface area contributed by atoms with Gasteiger partial charge >= 0.3 is 0 Å². The van der Waals surface area contributed by atoms with Crippen molar-refractivity contribution in [1.29, 1.82) is 0 Å². The molecule has 1 unspecified atom stereocenters. The Labute approximate surface area is 115 Å². The third-order valence-electron chi connectivity index (χ3n) is 4.16. The number of hydrogen-bond acceptors (Lipinski definition) is 3. The van der Waals surface area contributed by atoms with Crippen LogP contribution in [0.5, 0.6) is 0 Å². The molecule has 1 aliphatic heterocycles. The number of aromatic nitrogens is 1. The fourth-order valence-corrected chi connectivity index (χ4v) is 4.42. The Morgan fingerprint density at radius 3 is 2.79 bits per heavy atom. The maximum atomic E-state index is 11.4. The van der Waals surface area contributed by atoms with Crippen molar-refractivity contribution in [3.63, 3.8) is 0 Å². The second-order valence-electron chi connectivity index (χ2n) is 5.49. The maximum Gasteiger partial charge on any atom is 0.248 e. The van der Waals surface area contributed by atoms with Gasteiger partial charge in [-0.3, -0.25) is 9.00 Å². The molecule has 0 spiro atoms. The number of aryl methyl sites for hydroxylation is 1. The van der Waals surface area contributed by atoms with Crippen LogP contribution >= 0.6 is 0 Å². The molecule has 0 bridgehead atoms. The summed E-state index contributed by atoms with van der Waals surface area (Å²) in [5, 5.41) is 3.70. The molecule has 0 radical (unpaired) electrons. The number of nitrogens with one attached hydrogen (secondary N) is 2. The van der Waals surface area contributed by atoms with Gasteiger partial charge in [0.15, 0.2) is 0 Å². The quantitative estimate of drug-likeness (QED) is 0.857. The number of H-pyrrole nitrogens is 1. The Morgan fingerprint density at radius 1 is 1.21 bits per heavy atom. The van der Waals surface area contributed by atoms with E-state index in [2.05, 4.69) is 10.3 Å². The molecular formula is C14H20N2O2S. The molecule has 2 N–H and O–H groups in total. The summed E-state index contributed by atoms with van der Waals surface area (Å²) in [6.45, 7) is 0. The van der Waals surface area contributed by atoms with Gasteiger partial charge in [-0.15, -0.1) is 0 Å². The van der Waals surface area contributed by atoms with Crippen molar-refractivity contribution in [2.75, 3.05) is 11.5 Å². The molecule has 0 amide bonds. The van der Waals surface area contributed by atoms with Crippen LogP contribution in [0.2, 0.25) is 0 Å². The summed E-state index contributed by atoms with van der Waals surface area (Å²) in [6, 6.07) is 4.40. The van der Waals surface area contributed by atoms with Gasteiger partial charge in [0.25, 0.3) is 0 Å². The molecule has 4 nitrogen and oxygen atoms in total. The van der Waals surface area contributed by atoms with E-state index in [4.69, 9.17) is 0 Å². The minimum absolute atomic E-state index is 0.00698. The van der Waals surface area contributed by atoms with E-state index in [0.29, 0.717) is 12.1 Å². The number of fused-ring (bicyclic) bond motifs is 1. The SMILES string of the molecule is O=c1ccc2c([nH]1)CCCC2NC1CCS(=O)CC1. The molecule has 104 valence electrons. The first-order valence-electron chi connectivity index (χ1n) is 7.05. The van der Waals surface area contributed by atoms with Crippen molar-refractivity contribution in [3.8, 4) is 0 Å².